The van der Waals surface area contributed by atoms with Crippen LogP contribution < -0.4 is 15.4 Å². The van der Waals surface area contributed by atoms with E-state index in [0.717, 1.165) is 18.7 Å². The molecular weight excluding hydrogens is 358 g/mol. The van der Waals surface area contributed by atoms with Gasteiger partial charge < -0.3 is 20.1 Å². The van der Waals surface area contributed by atoms with E-state index in [1.165, 1.54) is 0 Å². The molecule has 144 valence electrons. The van der Waals surface area contributed by atoms with Crippen LogP contribution in [0.3, 0.4) is 0 Å². The van der Waals surface area contributed by atoms with Crippen molar-refractivity contribution in [1.29, 1.82) is 0 Å². The molecule has 2 N–H and O–H groups in total. The molecule has 0 saturated carbocycles. The summed E-state index contributed by atoms with van der Waals surface area (Å²) in [7, 11) is 1.09. The number of methoxy groups -OCH3 is 1. The highest BCUT2D eigenvalue weighted by Crippen LogP contribution is 2.20. The molecule has 0 aromatic heterocycles. The van der Waals surface area contributed by atoms with Crippen molar-refractivity contribution in [3.05, 3.63) is 59.2 Å². The zero-order chi connectivity index (χ0) is 19.8. The summed E-state index contributed by atoms with van der Waals surface area (Å²) < 4.78 is 37.3. The van der Waals surface area contributed by atoms with Crippen LogP contribution in [0.5, 0.6) is 5.75 Å². The van der Waals surface area contributed by atoms with Gasteiger partial charge in [0.2, 0.25) is 5.91 Å². The Balaban J connectivity index is 1.80. The molecule has 0 aliphatic rings. The van der Waals surface area contributed by atoms with Gasteiger partial charge in [0.15, 0.2) is 0 Å². The summed E-state index contributed by atoms with van der Waals surface area (Å²) in [5, 5.41) is 5.13. The van der Waals surface area contributed by atoms with Crippen LogP contribution in [0.25, 0.3) is 0 Å². The van der Waals surface area contributed by atoms with Crippen LogP contribution in [0.4, 0.5) is 14.5 Å². The fourth-order valence-electron chi connectivity index (χ4n) is 2.25. The number of carbonyl (C=O) groups is 2. The van der Waals surface area contributed by atoms with Gasteiger partial charge >= 0.3 is 5.97 Å². The van der Waals surface area contributed by atoms with E-state index in [2.05, 4.69) is 15.4 Å². The predicted molar refractivity (Wildman–Crippen MR) is 95.9 cm³/mol. The molecular formula is C19H20F2N2O4. The first-order chi connectivity index (χ1) is 12.9. The molecule has 6 nitrogen and oxygen atoms in total. The third-order valence-corrected chi connectivity index (χ3v) is 3.58. The Labute approximate surface area is 155 Å². The third-order valence-electron chi connectivity index (χ3n) is 3.58. The maximum atomic E-state index is 13.8. The maximum absolute atomic E-state index is 13.8. The standard InChI is InChI=1S/C19H20F2N2O4/c1-12-4-3-5-13(8-12)27-7-6-22-18(24)11-23-17-9-14(19(25)26-2)15(20)10-16(17)21/h3-5,8-10,23H,6-7,11H2,1-2H3,(H,22,24). The molecule has 1 amide bonds. The van der Waals surface area contributed by atoms with Gasteiger partial charge in [0, 0.05) is 6.07 Å². The number of nitrogens with one attached hydrogen (secondary N) is 2. The van der Waals surface area contributed by atoms with Gasteiger partial charge in [-0.1, -0.05) is 12.1 Å². The fourth-order valence-corrected chi connectivity index (χ4v) is 2.25. The minimum Gasteiger partial charge on any atom is -0.492 e. The Kier molecular flexibility index (Phi) is 7.10. The first-order valence-electron chi connectivity index (χ1n) is 8.18. The molecule has 27 heavy (non-hydrogen) atoms. The molecule has 8 heteroatoms. The number of ether oxygens (including phenoxy) is 2. The van der Waals surface area contributed by atoms with Crippen molar-refractivity contribution in [1.82, 2.24) is 5.32 Å². The van der Waals surface area contributed by atoms with Crippen molar-refractivity contribution in [2.75, 3.05) is 32.1 Å². The number of amides is 1. The fraction of sp³-hybridized carbons (Fsp3) is 0.263. The van der Waals surface area contributed by atoms with Crippen molar-refractivity contribution >= 4 is 17.6 Å². The first kappa shape index (κ1) is 20.2. The van der Waals surface area contributed by atoms with Crippen LogP contribution in [0, 0.1) is 18.6 Å². The van der Waals surface area contributed by atoms with E-state index in [9.17, 15) is 18.4 Å². The Bertz CT molecular complexity index is 827. The van der Waals surface area contributed by atoms with Crippen LogP contribution in [-0.4, -0.2) is 38.7 Å². The molecule has 0 radical (unpaired) electrons. The van der Waals surface area contributed by atoms with Gasteiger partial charge in [0.25, 0.3) is 0 Å². The molecule has 0 unspecified atom stereocenters. The number of anilines is 1. The zero-order valence-corrected chi connectivity index (χ0v) is 15.0. The molecule has 0 atom stereocenters. The molecule has 0 heterocycles. The summed E-state index contributed by atoms with van der Waals surface area (Å²) in [6, 6.07) is 9.02. The van der Waals surface area contributed by atoms with Gasteiger partial charge in [-0.15, -0.1) is 0 Å². The predicted octanol–water partition coefficient (Wildman–Crippen LogP) is 2.67. The normalized spacial score (nSPS) is 10.2. The van der Waals surface area contributed by atoms with Gasteiger partial charge in [0.05, 0.1) is 31.5 Å². The second-order valence-corrected chi connectivity index (χ2v) is 5.67. The molecule has 2 rings (SSSR count). The summed E-state index contributed by atoms with van der Waals surface area (Å²) in [4.78, 5) is 23.3. The number of carbonyl (C=O) groups excluding carboxylic acids is 2. The van der Waals surface area contributed by atoms with E-state index in [4.69, 9.17) is 4.74 Å². The highest BCUT2D eigenvalue weighted by molar-refractivity contribution is 5.91. The molecule has 2 aromatic carbocycles. The van der Waals surface area contributed by atoms with Crippen molar-refractivity contribution in [2.24, 2.45) is 0 Å². The Hall–Kier alpha value is -3.16. The first-order valence-corrected chi connectivity index (χ1v) is 8.18. The SMILES string of the molecule is COC(=O)c1cc(NCC(=O)NCCOc2cccc(C)c2)c(F)cc1F. The van der Waals surface area contributed by atoms with E-state index in [0.29, 0.717) is 11.8 Å². The van der Waals surface area contributed by atoms with E-state index in [-0.39, 0.29) is 25.4 Å². The van der Waals surface area contributed by atoms with Crippen molar-refractivity contribution in [3.63, 3.8) is 0 Å². The highest BCUT2D eigenvalue weighted by Gasteiger charge is 2.16. The number of aryl methyl sites for hydroxylation is 1. The quantitative estimate of drug-likeness (QED) is 0.546. The second-order valence-electron chi connectivity index (χ2n) is 5.67. The zero-order valence-electron chi connectivity index (χ0n) is 15.0. The Morgan fingerprint density at radius 2 is 1.89 bits per heavy atom. The molecule has 0 spiro atoms. The lowest BCUT2D eigenvalue weighted by Crippen LogP contribution is -2.33. The highest BCUT2D eigenvalue weighted by atomic mass is 19.1. The lowest BCUT2D eigenvalue weighted by molar-refractivity contribution is -0.119. The smallest absolute Gasteiger partial charge is 0.340 e. The molecule has 0 bridgehead atoms. The number of esters is 1. The number of benzene rings is 2. The Morgan fingerprint density at radius 1 is 1.11 bits per heavy atom. The largest absolute Gasteiger partial charge is 0.492 e. The van der Waals surface area contributed by atoms with Crippen LogP contribution in [-0.2, 0) is 9.53 Å². The second kappa shape index (κ2) is 9.51. The molecule has 0 aliphatic carbocycles. The summed E-state index contributed by atoms with van der Waals surface area (Å²) in [5.41, 5.74) is 0.463. The topological polar surface area (TPSA) is 76.7 Å². The van der Waals surface area contributed by atoms with Gasteiger partial charge in [0.1, 0.15) is 24.0 Å². The average molecular weight is 378 g/mol. The lowest BCUT2D eigenvalue weighted by atomic mass is 10.1. The minimum atomic E-state index is -1.04. The van der Waals surface area contributed by atoms with E-state index >= 15 is 0 Å². The summed E-state index contributed by atoms with van der Waals surface area (Å²) >= 11 is 0. The third kappa shape index (κ3) is 5.95. The lowest BCUT2D eigenvalue weighted by Gasteiger charge is -2.11. The van der Waals surface area contributed by atoms with Crippen LogP contribution in [0.15, 0.2) is 36.4 Å². The van der Waals surface area contributed by atoms with E-state index < -0.39 is 29.1 Å². The molecule has 0 aliphatic heterocycles. The summed E-state index contributed by atoms with van der Waals surface area (Å²) in [6.45, 7) is 2.22. The number of hydrogen-bond donors (Lipinski definition) is 2. The van der Waals surface area contributed by atoms with Crippen molar-refractivity contribution in [3.8, 4) is 5.75 Å². The van der Waals surface area contributed by atoms with E-state index in [1.807, 2.05) is 31.2 Å². The van der Waals surface area contributed by atoms with Crippen LogP contribution >= 0.6 is 0 Å². The van der Waals surface area contributed by atoms with Gasteiger partial charge in [-0.3, -0.25) is 4.79 Å². The average Bonchev–Trinajstić information content (AvgIpc) is 2.64. The molecule has 0 fully saturated rings. The van der Waals surface area contributed by atoms with Crippen molar-refractivity contribution < 1.29 is 27.8 Å². The number of rotatable bonds is 8. The van der Waals surface area contributed by atoms with Gasteiger partial charge in [-0.05, 0) is 30.7 Å². The van der Waals surface area contributed by atoms with Crippen LogP contribution in [0.1, 0.15) is 15.9 Å². The summed E-state index contributed by atoms with van der Waals surface area (Å²) in [5.74, 6) is -2.61. The van der Waals surface area contributed by atoms with Crippen molar-refractivity contribution in [2.45, 2.75) is 6.92 Å². The maximum Gasteiger partial charge on any atom is 0.340 e. The van der Waals surface area contributed by atoms with Gasteiger partial charge in [-0.2, -0.15) is 0 Å². The van der Waals surface area contributed by atoms with Crippen LogP contribution in [0.2, 0.25) is 0 Å². The van der Waals surface area contributed by atoms with E-state index in [1.54, 1.807) is 0 Å². The number of halogens is 2. The Morgan fingerprint density at radius 3 is 2.59 bits per heavy atom. The number of hydrogen-bond acceptors (Lipinski definition) is 5. The van der Waals surface area contributed by atoms with Gasteiger partial charge in [-0.25, -0.2) is 13.6 Å². The minimum absolute atomic E-state index is 0.178. The monoisotopic (exact) mass is 378 g/mol. The molecule has 0 saturated heterocycles. The summed E-state index contributed by atoms with van der Waals surface area (Å²) in [6.07, 6.45) is 0. The molecule has 2 aromatic rings.